The Morgan fingerprint density at radius 2 is 1.85 bits per heavy atom. The summed E-state index contributed by atoms with van der Waals surface area (Å²) in [5, 5.41) is 0.784. The van der Waals surface area contributed by atoms with Gasteiger partial charge in [-0.1, -0.05) is 51.8 Å². The number of hydrogen-bond donors (Lipinski definition) is 1. The highest BCUT2D eigenvalue weighted by molar-refractivity contribution is 9.08. The van der Waals surface area contributed by atoms with Gasteiger partial charge in [-0.15, -0.1) is 11.3 Å². The van der Waals surface area contributed by atoms with Gasteiger partial charge in [-0.25, -0.2) is 13.1 Å². The van der Waals surface area contributed by atoms with E-state index in [4.69, 9.17) is 11.6 Å². The van der Waals surface area contributed by atoms with Crippen LogP contribution >= 0.6 is 38.9 Å². The molecule has 1 heterocycles. The molecule has 2 rings (SSSR count). The number of nitrogens with one attached hydrogen (secondary N) is 1. The highest BCUT2D eigenvalue weighted by Crippen LogP contribution is 2.29. The van der Waals surface area contributed by atoms with Crippen LogP contribution in [-0.2, 0) is 21.9 Å². The maximum absolute atomic E-state index is 12.1. The van der Waals surface area contributed by atoms with Gasteiger partial charge in [0.2, 0.25) is 10.0 Å². The molecule has 0 atom stereocenters. The van der Waals surface area contributed by atoms with Crippen molar-refractivity contribution in [1.82, 2.24) is 4.72 Å². The van der Waals surface area contributed by atoms with Crippen LogP contribution < -0.4 is 4.72 Å². The Balaban J connectivity index is 2.08. The molecule has 0 bridgehead atoms. The molecule has 1 N–H and O–H groups in total. The van der Waals surface area contributed by atoms with Crippen molar-refractivity contribution in [2.75, 3.05) is 0 Å². The number of hydrogen-bond acceptors (Lipinski definition) is 3. The first-order valence-electron chi connectivity index (χ1n) is 5.82. The summed E-state index contributed by atoms with van der Waals surface area (Å²) >= 11 is 10.3. The van der Waals surface area contributed by atoms with E-state index < -0.39 is 10.0 Å². The third-order valence-electron chi connectivity index (χ3n) is 2.74. The second-order valence-electron chi connectivity index (χ2n) is 4.30. The van der Waals surface area contributed by atoms with E-state index in [2.05, 4.69) is 20.7 Å². The van der Waals surface area contributed by atoms with E-state index in [0.29, 0.717) is 4.34 Å². The molecule has 3 nitrogen and oxygen atoms in total. The molecule has 20 heavy (non-hydrogen) atoms. The molecule has 0 radical (unpaired) electrons. The second kappa shape index (κ2) is 6.58. The van der Waals surface area contributed by atoms with Crippen LogP contribution in [0.4, 0.5) is 0 Å². The number of rotatable bonds is 5. The fourth-order valence-electron chi connectivity index (χ4n) is 1.56. The van der Waals surface area contributed by atoms with Crippen LogP contribution in [0.5, 0.6) is 0 Å². The number of alkyl halides is 1. The van der Waals surface area contributed by atoms with Crippen LogP contribution in [0.15, 0.2) is 34.5 Å². The summed E-state index contributed by atoms with van der Waals surface area (Å²) in [5.74, 6) is 0. The fourth-order valence-corrected chi connectivity index (χ4v) is 4.70. The van der Waals surface area contributed by atoms with Gasteiger partial charge in [-0.2, -0.15) is 0 Å². The average Bonchev–Trinajstić information content (AvgIpc) is 2.78. The molecule has 0 amide bonds. The van der Waals surface area contributed by atoms with Crippen molar-refractivity contribution in [3.05, 3.63) is 51.4 Å². The maximum Gasteiger partial charge on any atom is 0.250 e. The van der Waals surface area contributed by atoms with Crippen molar-refractivity contribution in [2.24, 2.45) is 0 Å². The third kappa shape index (κ3) is 3.83. The molecule has 1 aromatic carbocycles. The first-order valence-corrected chi connectivity index (χ1v) is 9.61. The minimum absolute atomic E-state index is 0.247. The molecule has 1 aromatic heterocycles. The maximum atomic E-state index is 12.1. The molecular weight excluding hydrogens is 382 g/mol. The summed E-state index contributed by atoms with van der Waals surface area (Å²) in [6.07, 6.45) is 0. The zero-order valence-corrected chi connectivity index (χ0v) is 14.7. The molecule has 0 fully saturated rings. The smallest absolute Gasteiger partial charge is 0.206 e. The molecular formula is C13H13BrClNO2S2. The van der Waals surface area contributed by atoms with E-state index in [9.17, 15) is 8.42 Å². The van der Waals surface area contributed by atoms with Gasteiger partial charge in [-0.05, 0) is 29.7 Å². The monoisotopic (exact) mass is 393 g/mol. The SMILES string of the molecule is Cc1cc(S(=O)(=O)NCc2ccc(CBr)cc2)sc1Cl. The van der Waals surface area contributed by atoms with E-state index in [0.717, 1.165) is 33.4 Å². The summed E-state index contributed by atoms with van der Waals surface area (Å²) in [6.45, 7) is 2.05. The van der Waals surface area contributed by atoms with Gasteiger partial charge in [0.25, 0.3) is 0 Å². The Bertz CT molecular complexity index is 676. The van der Waals surface area contributed by atoms with Crippen LogP contribution in [0.2, 0.25) is 4.34 Å². The van der Waals surface area contributed by atoms with Gasteiger partial charge < -0.3 is 0 Å². The van der Waals surface area contributed by atoms with E-state index >= 15 is 0 Å². The molecule has 0 aliphatic carbocycles. The Kier molecular flexibility index (Phi) is 5.25. The van der Waals surface area contributed by atoms with Gasteiger partial charge >= 0.3 is 0 Å². The zero-order valence-electron chi connectivity index (χ0n) is 10.7. The van der Waals surface area contributed by atoms with Crippen LogP contribution in [0.25, 0.3) is 0 Å². The molecule has 0 aliphatic rings. The van der Waals surface area contributed by atoms with E-state index in [1.54, 1.807) is 13.0 Å². The minimum atomic E-state index is -3.50. The number of thiophene rings is 1. The van der Waals surface area contributed by atoms with Crippen molar-refractivity contribution < 1.29 is 8.42 Å². The topological polar surface area (TPSA) is 46.2 Å². The summed E-state index contributed by atoms with van der Waals surface area (Å²) in [7, 11) is -3.50. The van der Waals surface area contributed by atoms with E-state index in [1.165, 1.54) is 0 Å². The van der Waals surface area contributed by atoms with E-state index in [-0.39, 0.29) is 10.8 Å². The van der Waals surface area contributed by atoms with Crippen molar-refractivity contribution in [1.29, 1.82) is 0 Å². The van der Waals surface area contributed by atoms with Crippen LogP contribution in [0.1, 0.15) is 16.7 Å². The van der Waals surface area contributed by atoms with Gasteiger partial charge in [-0.3, -0.25) is 0 Å². The lowest BCUT2D eigenvalue weighted by atomic mass is 10.2. The number of sulfonamides is 1. The summed E-state index contributed by atoms with van der Waals surface area (Å²) < 4.78 is 27.6. The lowest BCUT2D eigenvalue weighted by Crippen LogP contribution is -2.22. The van der Waals surface area contributed by atoms with Gasteiger partial charge in [0, 0.05) is 11.9 Å². The molecule has 0 aliphatic heterocycles. The molecule has 0 unspecified atom stereocenters. The average molecular weight is 395 g/mol. The lowest BCUT2D eigenvalue weighted by molar-refractivity contribution is 0.583. The van der Waals surface area contributed by atoms with Gasteiger partial charge in [0.05, 0.1) is 4.34 Å². The van der Waals surface area contributed by atoms with Gasteiger partial charge in [0.1, 0.15) is 4.21 Å². The molecule has 0 saturated heterocycles. The number of aryl methyl sites for hydroxylation is 1. The lowest BCUT2D eigenvalue weighted by Gasteiger charge is -2.05. The summed E-state index contributed by atoms with van der Waals surface area (Å²) in [4.78, 5) is 0. The molecule has 2 aromatic rings. The fraction of sp³-hybridized carbons (Fsp3) is 0.231. The summed E-state index contributed by atoms with van der Waals surface area (Å²) in [5.41, 5.74) is 2.84. The van der Waals surface area contributed by atoms with Crippen molar-refractivity contribution >= 4 is 48.9 Å². The van der Waals surface area contributed by atoms with E-state index in [1.807, 2.05) is 24.3 Å². The second-order valence-corrected chi connectivity index (χ2v) is 8.51. The van der Waals surface area contributed by atoms with Crippen LogP contribution in [-0.4, -0.2) is 8.42 Å². The van der Waals surface area contributed by atoms with Crippen molar-refractivity contribution in [2.45, 2.75) is 23.0 Å². The molecule has 7 heteroatoms. The highest BCUT2D eigenvalue weighted by atomic mass is 79.9. The number of halogens is 2. The zero-order chi connectivity index (χ0) is 14.8. The Labute approximate surface area is 136 Å². The minimum Gasteiger partial charge on any atom is -0.206 e. The highest BCUT2D eigenvalue weighted by Gasteiger charge is 2.17. The predicted molar refractivity (Wildman–Crippen MR) is 87.2 cm³/mol. The molecule has 0 spiro atoms. The molecule has 0 saturated carbocycles. The first-order chi connectivity index (χ1) is 9.42. The van der Waals surface area contributed by atoms with Crippen molar-refractivity contribution in [3.8, 4) is 0 Å². The normalized spacial score (nSPS) is 11.8. The molecule has 108 valence electrons. The first kappa shape index (κ1) is 16.0. The van der Waals surface area contributed by atoms with Gasteiger partial charge in [0.15, 0.2) is 0 Å². The largest absolute Gasteiger partial charge is 0.250 e. The van der Waals surface area contributed by atoms with Crippen LogP contribution in [0, 0.1) is 6.92 Å². The quantitative estimate of drug-likeness (QED) is 0.777. The standard InChI is InChI=1S/C13H13BrClNO2S2/c1-9-6-12(19-13(9)15)20(17,18)16-8-11-4-2-10(7-14)3-5-11/h2-6,16H,7-8H2,1H3. The Hall–Kier alpha value is -0.400. The van der Waals surface area contributed by atoms with Crippen molar-refractivity contribution in [3.63, 3.8) is 0 Å². The summed E-state index contributed by atoms with van der Waals surface area (Å²) in [6, 6.07) is 9.33. The van der Waals surface area contributed by atoms with Crippen LogP contribution in [0.3, 0.4) is 0 Å². The Morgan fingerprint density at radius 3 is 2.35 bits per heavy atom. The third-order valence-corrected chi connectivity index (χ3v) is 6.82. The Morgan fingerprint density at radius 1 is 1.25 bits per heavy atom. The predicted octanol–water partition coefficient (Wildman–Crippen LogP) is 4.08. The number of benzene rings is 1.